The first kappa shape index (κ1) is 22.0. The molecule has 1 amide bonds. The normalized spacial score (nSPS) is 18.3. The first-order chi connectivity index (χ1) is 15.3. The summed E-state index contributed by atoms with van der Waals surface area (Å²) in [6.45, 7) is 2.78. The van der Waals surface area contributed by atoms with Gasteiger partial charge in [0.25, 0.3) is 5.91 Å². The highest BCUT2D eigenvalue weighted by molar-refractivity contribution is 6.08. The highest BCUT2D eigenvalue weighted by atomic mass is 19.4. The molecular weight excluding hydrogens is 417 g/mol. The summed E-state index contributed by atoms with van der Waals surface area (Å²) in [6.07, 6.45) is 4.24. The average molecular weight is 442 g/mol. The van der Waals surface area contributed by atoms with E-state index in [0.717, 1.165) is 54.0 Å². The smallest absolute Gasteiger partial charge is 0.416 e. The van der Waals surface area contributed by atoms with Crippen molar-refractivity contribution >= 4 is 22.9 Å². The Balaban J connectivity index is 1.60. The average Bonchev–Trinajstić information content (AvgIpc) is 2.79. The fraction of sp³-hybridized carbons (Fsp3) is 0.320. The largest absolute Gasteiger partial charge is 0.489 e. The van der Waals surface area contributed by atoms with Crippen molar-refractivity contribution in [1.29, 1.82) is 0 Å². The lowest BCUT2D eigenvalue weighted by molar-refractivity contribution is -0.137. The number of halogens is 3. The summed E-state index contributed by atoms with van der Waals surface area (Å²) in [6, 6.07) is 10.6. The molecule has 1 unspecified atom stereocenters. The monoisotopic (exact) mass is 442 g/mol. The van der Waals surface area contributed by atoms with Gasteiger partial charge in [-0.15, -0.1) is 0 Å². The highest BCUT2D eigenvalue weighted by Gasteiger charge is 2.32. The summed E-state index contributed by atoms with van der Waals surface area (Å²) in [5.74, 6) is 0.462. The fourth-order valence-corrected chi connectivity index (χ4v) is 4.05. The fourth-order valence-electron chi connectivity index (χ4n) is 4.05. The third-order valence-electron chi connectivity index (χ3n) is 5.89. The molecule has 0 radical (unpaired) electrons. The van der Waals surface area contributed by atoms with Crippen LogP contribution in [0.25, 0.3) is 5.57 Å². The number of hydrogen-bond acceptors (Lipinski definition) is 3. The minimum atomic E-state index is -4.41. The summed E-state index contributed by atoms with van der Waals surface area (Å²) < 4.78 is 44.4. The number of allylic oxidation sites excluding steroid dienone is 2. The molecule has 0 spiro atoms. The predicted molar refractivity (Wildman–Crippen MR) is 120 cm³/mol. The van der Waals surface area contributed by atoms with E-state index in [1.54, 1.807) is 7.05 Å². The van der Waals surface area contributed by atoms with E-state index in [4.69, 9.17) is 4.74 Å². The van der Waals surface area contributed by atoms with Gasteiger partial charge in [-0.2, -0.15) is 13.2 Å². The molecule has 4 rings (SSSR count). The molecule has 4 nitrogen and oxygen atoms in total. The number of unbranched alkanes of at least 4 members (excludes halogenated alkanes) is 1. The van der Waals surface area contributed by atoms with Crippen molar-refractivity contribution in [2.45, 2.75) is 38.4 Å². The SMILES string of the molecule is CCCCC1COc2cccc3c2N1C=C/C3=C\C(=O)N(C)c1ccc(C(F)(F)F)cc1. The molecular formula is C25H25F3N2O2. The van der Waals surface area contributed by atoms with Gasteiger partial charge in [0.2, 0.25) is 0 Å². The van der Waals surface area contributed by atoms with Crippen LogP contribution in [0.5, 0.6) is 5.75 Å². The van der Waals surface area contributed by atoms with Gasteiger partial charge in [0.1, 0.15) is 12.4 Å². The van der Waals surface area contributed by atoms with Crippen LogP contribution in [0.15, 0.2) is 60.8 Å². The Morgan fingerprint density at radius 1 is 1.22 bits per heavy atom. The number of ether oxygens (including phenoxy) is 1. The Kier molecular flexibility index (Phi) is 6.00. The van der Waals surface area contributed by atoms with Gasteiger partial charge in [-0.3, -0.25) is 4.79 Å². The van der Waals surface area contributed by atoms with E-state index < -0.39 is 11.7 Å². The quantitative estimate of drug-likeness (QED) is 0.530. The van der Waals surface area contributed by atoms with Gasteiger partial charge in [-0.25, -0.2) is 0 Å². The van der Waals surface area contributed by atoms with Crippen molar-refractivity contribution < 1.29 is 22.7 Å². The number of alkyl halides is 3. The Bertz CT molecular complexity index is 1060. The van der Waals surface area contributed by atoms with E-state index in [2.05, 4.69) is 11.8 Å². The number of anilines is 2. The van der Waals surface area contributed by atoms with Gasteiger partial charge in [0, 0.05) is 30.6 Å². The molecule has 2 aliphatic rings. The van der Waals surface area contributed by atoms with Crippen LogP contribution in [-0.2, 0) is 11.0 Å². The molecule has 7 heteroatoms. The summed E-state index contributed by atoms with van der Waals surface area (Å²) in [4.78, 5) is 16.5. The molecule has 32 heavy (non-hydrogen) atoms. The Hall–Kier alpha value is -3.22. The minimum absolute atomic E-state index is 0.243. The van der Waals surface area contributed by atoms with Gasteiger partial charge in [-0.05, 0) is 48.4 Å². The van der Waals surface area contributed by atoms with E-state index in [1.165, 1.54) is 23.1 Å². The molecule has 1 atom stereocenters. The standard InChI is InChI=1S/C25H25F3N2O2/c1-3-4-6-20-16-32-22-8-5-7-21-17(13-14-30(20)24(21)22)15-23(31)29(2)19-11-9-18(10-12-19)25(26,27)28/h5,7-15,20H,3-4,6,16H2,1-2H3/b17-15+. The first-order valence-corrected chi connectivity index (χ1v) is 10.7. The lowest BCUT2D eigenvalue weighted by Crippen LogP contribution is -2.41. The molecule has 2 aliphatic heterocycles. The van der Waals surface area contributed by atoms with Crippen LogP contribution >= 0.6 is 0 Å². The lowest BCUT2D eigenvalue weighted by atomic mass is 9.95. The van der Waals surface area contributed by atoms with Gasteiger partial charge < -0.3 is 14.5 Å². The number of carbonyl (C=O) groups is 1. The molecule has 0 N–H and O–H groups in total. The van der Waals surface area contributed by atoms with Crippen LogP contribution in [0, 0.1) is 0 Å². The number of rotatable bonds is 5. The van der Waals surface area contributed by atoms with Gasteiger partial charge in [0.15, 0.2) is 0 Å². The second-order valence-electron chi connectivity index (χ2n) is 8.02. The van der Waals surface area contributed by atoms with Crippen molar-refractivity contribution in [3.05, 3.63) is 71.9 Å². The van der Waals surface area contributed by atoms with E-state index >= 15 is 0 Å². The molecule has 2 heterocycles. The molecule has 0 aliphatic carbocycles. The predicted octanol–water partition coefficient (Wildman–Crippen LogP) is 6.04. The summed E-state index contributed by atoms with van der Waals surface area (Å²) in [7, 11) is 1.55. The molecule has 0 saturated carbocycles. The summed E-state index contributed by atoms with van der Waals surface area (Å²) in [5, 5.41) is 0. The highest BCUT2D eigenvalue weighted by Crippen LogP contribution is 2.44. The van der Waals surface area contributed by atoms with Gasteiger partial charge in [-0.1, -0.05) is 31.9 Å². The number of amides is 1. The Morgan fingerprint density at radius 3 is 2.66 bits per heavy atom. The van der Waals surface area contributed by atoms with E-state index in [0.29, 0.717) is 12.3 Å². The topological polar surface area (TPSA) is 32.8 Å². The first-order valence-electron chi connectivity index (χ1n) is 10.7. The maximum Gasteiger partial charge on any atom is 0.416 e. The molecule has 2 aromatic carbocycles. The molecule has 168 valence electrons. The third kappa shape index (κ3) is 4.24. The number of para-hydroxylation sites is 1. The molecule has 0 saturated heterocycles. The maximum atomic E-state index is 12.9. The summed E-state index contributed by atoms with van der Waals surface area (Å²) in [5.41, 5.74) is 2.24. The van der Waals surface area contributed by atoms with Crippen LogP contribution in [0.1, 0.15) is 37.3 Å². The van der Waals surface area contributed by atoms with Crippen molar-refractivity contribution in [3.8, 4) is 5.75 Å². The number of likely N-dealkylation sites (N-methyl/N-ethyl adjacent to an activating group) is 1. The molecule has 0 fully saturated rings. The van der Waals surface area contributed by atoms with Crippen molar-refractivity contribution in [2.75, 3.05) is 23.5 Å². The van der Waals surface area contributed by atoms with Crippen LogP contribution in [0.4, 0.5) is 24.5 Å². The minimum Gasteiger partial charge on any atom is -0.489 e. The van der Waals surface area contributed by atoms with Crippen LogP contribution in [0.2, 0.25) is 0 Å². The second-order valence-corrected chi connectivity index (χ2v) is 8.02. The number of hydrogen-bond donors (Lipinski definition) is 0. The second kappa shape index (κ2) is 8.73. The third-order valence-corrected chi connectivity index (χ3v) is 5.89. The summed E-state index contributed by atoms with van der Waals surface area (Å²) >= 11 is 0. The maximum absolute atomic E-state index is 12.9. The number of carbonyl (C=O) groups excluding carboxylic acids is 1. The van der Waals surface area contributed by atoms with E-state index in [9.17, 15) is 18.0 Å². The van der Waals surface area contributed by atoms with E-state index in [-0.39, 0.29) is 11.9 Å². The van der Waals surface area contributed by atoms with Crippen LogP contribution < -0.4 is 14.5 Å². The number of benzene rings is 2. The lowest BCUT2D eigenvalue weighted by Gasteiger charge is -2.40. The number of nitrogens with zero attached hydrogens (tertiary/aromatic N) is 2. The zero-order valence-corrected chi connectivity index (χ0v) is 18.0. The Labute approximate surface area is 185 Å². The molecule has 2 aromatic rings. The van der Waals surface area contributed by atoms with E-state index in [1.807, 2.05) is 30.5 Å². The van der Waals surface area contributed by atoms with Gasteiger partial charge in [0.05, 0.1) is 17.3 Å². The van der Waals surface area contributed by atoms with Crippen molar-refractivity contribution in [3.63, 3.8) is 0 Å². The zero-order valence-electron chi connectivity index (χ0n) is 18.0. The van der Waals surface area contributed by atoms with Crippen LogP contribution in [-0.4, -0.2) is 25.6 Å². The molecule has 0 bridgehead atoms. The van der Waals surface area contributed by atoms with Crippen LogP contribution in [0.3, 0.4) is 0 Å². The molecule has 0 aromatic heterocycles. The van der Waals surface area contributed by atoms with Crippen molar-refractivity contribution in [2.24, 2.45) is 0 Å². The van der Waals surface area contributed by atoms with Crippen molar-refractivity contribution in [1.82, 2.24) is 0 Å². The van der Waals surface area contributed by atoms with Gasteiger partial charge >= 0.3 is 6.18 Å². The Morgan fingerprint density at radius 2 is 1.97 bits per heavy atom. The zero-order chi connectivity index (χ0) is 22.9.